The number of nitrogens with zero attached hydrogens (tertiary/aromatic N) is 1. The van der Waals surface area contributed by atoms with E-state index in [0.29, 0.717) is 11.4 Å². The minimum atomic E-state index is -0.634. The van der Waals surface area contributed by atoms with E-state index >= 15 is 0 Å². The highest BCUT2D eigenvalue weighted by Crippen LogP contribution is 2.17. The van der Waals surface area contributed by atoms with Crippen LogP contribution in [0.2, 0.25) is 0 Å². The molecule has 0 fully saturated rings. The van der Waals surface area contributed by atoms with E-state index in [9.17, 15) is 19.2 Å². The number of carbonyl (C=O) groups is 4. The average molecular weight is 427 g/mol. The molecule has 2 rings (SSSR count). The highest BCUT2D eigenvalue weighted by Gasteiger charge is 2.16. The SMILES string of the molecule is COC(=O)c1cc(NCC(=O)N(C)CC(=O)Nc2ccc(C)cc2)cc(C(=O)OC)c1. The number of aryl methyl sites for hydroxylation is 1. The van der Waals surface area contributed by atoms with Crippen molar-refractivity contribution < 1.29 is 28.7 Å². The summed E-state index contributed by atoms with van der Waals surface area (Å²) < 4.78 is 9.37. The van der Waals surface area contributed by atoms with Gasteiger partial charge in [-0.15, -0.1) is 0 Å². The maximum absolute atomic E-state index is 12.4. The normalized spacial score (nSPS) is 10.1. The Morgan fingerprint density at radius 3 is 1.94 bits per heavy atom. The summed E-state index contributed by atoms with van der Waals surface area (Å²) in [6.07, 6.45) is 0. The summed E-state index contributed by atoms with van der Waals surface area (Å²) in [7, 11) is 3.95. The van der Waals surface area contributed by atoms with Crippen LogP contribution in [0.25, 0.3) is 0 Å². The summed E-state index contributed by atoms with van der Waals surface area (Å²) >= 11 is 0. The second-order valence-corrected chi connectivity index (χ2v) is 6.80. The van der Waals surface area contributed by atoms with Crippen LogP contribution >= 0.6 is 0 Å². The number of ether oxygens (including phenoxy) is 2. The number of likely N-dealkylation sites (N-methyl/N-ethyl adjacent to an activating group) is 1. The molecule has 0 spiro atoms. The molecule has 0 saturated carbocycles. The third-order valence-electron chi connectivity index (χ3n) is 4.36. The van der Waals surface area contributed by atoms with E-state index < -0.39 is 11.9 Å². The molecule has 2 aromatic carbocycles. The van der Waals surface area contributed by atoms with Gasteiger partial charge < -0.3 is 25.0 Å². The maximum atomic E-state index is 12.4. The smallest absolute Gasteiger partial charge is 0.337 e. The fraction of sp³-hybridized carbons (Fsp3) is 0.273. The highest BCUT2D eigenvalue weighted by atomic mass is 16.5. The molecule has 0 aliphatic heterocycles. The third-order valence-corrected chi connectivity index (χ3v) is 4.36. The molecule has 0 radical (unpaired) electrons. The molecule has 0 aliphatic carbocycles. The quantitative estimate of drug-likeness (QED) is 0.620. The first-order valence-corrected chi connectivity index (χ1v) is 9.39. The maximum Gasteiger partial charge on any atom is 0.337 e. The molecule has 9 heteroatoms. The third kappa shape index (κ3) is 6.84. The van der Waals surface area contributed by atoms with Crippen molar-refractivity contribution in [2.24, 2.45) is 0 Å². The number of amides is 2. The first-order chi connectivity index (χ1) is 14.7. The number of esters is 2. The van der Waals surface area contributed by atoms with Crippen LogP contribution in [-0.2, 0) is 19.1 Å². The number of nitrogens with one attached hydrogen (secondary N) is 2. The number of rotatable bonds is 8. The van der Waals surface area contributed by atoms with Crippen LogP contribution in [0, 0.1) is 6.92 Å². The summed E-state index contributed by atoms with van der Waals surface area (Å²) in [6, 6.07) is 11.6. The predicted octanol–water partition coefficient (Wildman–Crippen LogP) is 2.08. The summed E-state index contributed by atoms with van der Waals surface area (Å²) in [5, 5.41) is 5.58. The zero-order valence-electron chi connectivity index (χ0n) is 17.9. The van der Waals surface area contributed by atoms with Crippen molar-refractivity contribution in [3.63, 3.8) is 0 Å². The topological polar surface area (TPSA) is 114 Å². The second-order valence-electron chi connectivity index (χ2n) is 6.80. The lowest BCUT2D eigenvalue weighted by atomic mass is 10.1. The van der Waals surface area contributed by atoms with Gasteiger partial charge in [-0.2, -0.15) is 0 Å². The van der Waals surface area contributed by atoms with Crippen LogP contribution in [0.3, 0.4) is 0 Å². The fourth-order valence-electron chi connectivity index (χ4n) is 2.65. The van der Waals surface area contributed by atoms with Crippen LogP contribution in [0.1, 0.15) is 26.3 Å². The molecule has 0 atom stereocenters. The number of carbonyl (C=O) groups excluding carboxylic acids is 4. The number of hydrogen-bond acceptors (Lipinski definition) is 7. The lowest BCUT2D eigenvalue weighted by Crippen LogP contribution is -2.38. The van der Waals surface area contributed by atoms with Gasteiger partial charge in [0.2, 0.25) is 11.8 Å². The summed E-state index contributed by atoms with van der Waals surface area (Å²) in [5.74, 6) is -1.96. The average Bonchev–Trinajstić information content (AvgIpc) is 2.77. The van der Waals surface area contributed by atoms with Crippen LogP contribution in [0.5, 0.6) is 0 Å². The molecule has 0 aromatic heterocycles. The Kier molecular flexibility index (Phi) is 8.13. The van der Waals surface area contributed by atoms with Crippen molar-refractivity contribution in [1.82, 2.24) is 4.90 Å². The first kappa shape index (κ1) is 23.4. The van der Waals surface area contributed by atoms with Crippen molar-refractivity contribution >= 4 is 35.1 Å². The molecule has 0 unspecified atom stereocenters. The Morgan fingerprint density at radius 2 is 1.42 bits per heavy atom. The molecule has 0 aliphatic rings. The van der Waals surface area contributed by atoms with Crippen molar-refractivity contribution in [2.45, 2.75) is 6.92 Å². The van der Waals surface area contributed by atoms with Gasteiger partial charge >= 0.3 is 11.9 Å². The number of benzene rings is 2. The van der Waals surface area contributed by atoms with E-state index in [-0.39, 0.29) is 36.0 Å². The van der Waals surface area contributed by atoms with Crippen LogP contribution in [0.15, 0.2) is 42.5 Å². The summed E-state index contributed by atoms with van der Waals surface area (Å²) in [4.78, 5) is 49.5. The van der Waals surface area contributed by atoms with Crippen molar-refractivity contribution in [3.05, 3.63) is 59.2 Å². The standard InChI is InChI=1S/C22H25N3O6/c1-14-5-7-17(8-6-14)24-19(26)13-25(2)20(27)12-23-18-10-15(21(28)30-3)9-16(11-18)22(29)31-4/h5-11,23H,12-13H2,1-4H3,(H,24,26). The number of hydrogen-bond donors (Lipinski definition) is 2. The number of methoxy groups -OCH3 is 2. The minimum Gasteiger partial charge on any atom is -0.465 e. The Hall–Kier alpha value is -3.88. The van der Waals surface area contributed by atoms with Crippen molar-refractivity contribution in [1.29, 1.82) is 0 Å². The lowest BCUT2D eigenvalue weighted by Gasteiger charge is -2.18. The van der Waals surface area contributed by atoms with E-state index in [1.54, 1.807) is 12.1 Å². The van der Waals surface area contributed by atoms with Crippen LogP contribution < -0.4 is 10.6 Å². The Morgan fingerprint density at radius 1 is 0.871 bits per heavy atom. The molecule has 31 heavy (non-hydrogen) atoms. The van der Waals surface area contributed by atoms with Gasteiger partial charge in [0.1, 0.15) is 0 Å². The molecule has 9 nitrogen and oxygen atoms in total. The van der Waals surface area contributed by atoms with E-state index in [4.69, 9.17) is 0 Å². The molecule has 2 aromatic rings. The van der Waals surface area contributed by atoms with Crippen LogP contribution in [-0.4, -0.2) is 63.0 Å². The largest absolute Gasteiger partial charge is 0.465 e. The predicted molar refractivity (Wildman–Crippen MR) is 115 cm³/mol. The van der Waals surface area contributed by atoms with Crippen molar-refractivity contribution in [3.8, 4) is 0 Å². The minimum absolute atomic E-state index is 0.131. The van der Waals surface area contributed by atoms with E-state index in [2.05, 4.69) is 20.1 Å². The zero-order valence-corrected chi connectivity index (χ0v) is 17.9. The van der Waals surface area contributed by atoms with Gasteiger partial charge in [-0.1, -0.05) is 17.7 Å². The first-order valence-electron chi connectivity index (χ1n) is 9.39. The number of anilines is 2. The molecule has 0 saturated heterocycles. The highest BCUT2D eigenvalue weighted by molar-refractivity contribution is 5.97. The molecule has 2 N–H and O–H groups in total. The molecular weight excluding hydrogens is 402 g/mol. The Labute approximate surface area is 180 Å². The second kappa shape index (κ2) is 10.8. The molecule has 164 valence electrons. The summed E-state index contributed by atoms with van der Waals surface area (Å²) in [5.41, 5.74) is 2.33. The monoisotopic (exact) mass is 427 g/mol. The molecule has 0 bridgehead atoms. The van der Waals surface area contributed by atoms with Gasteiger partial charge in [-0.05, 0) is 37.3 Å². The molecule has 2 amide bonds. The fourth-order valence-corrected chi connectivity index (χ4v) is 2.65. The van der Waals surface area contributed by atoms with Gasteiger partial charge in [0.05, 0.1) is 38.4 Å². The molecular formula is C22H25N3O6. The van der Waals surface area contributed by atoms with Crippen molar-refractivity contribution in [2.75, 3.05) is 45.0 Å². The van der Waals surface area contributed by atoms with Gasteiger partial charge in [0.25, 0.3) is 0 Å². The van der Waals surface area contributed by atoms with Gasteiger partial charge in [-0.25, -0.2) is 9.59 Å². The Balaban J connectivity index is 1.98. The zero-order chi connectivity index (χ0) is 23.0. The Bertz CT molecular complexity index is 937. The van der Waals surface area contributed by atoms with Gasteiger partial charge in [0, 0.05) is 18.4 Å². The van der Waals surface area contributed by atoms with E-state index in [1.165, 1.54) is 44.4 Å². The van der Waals surface area contributed by atoms with E-state index in [1.807, 2.05) is 19.1 Å². The molecule has 0 heterocycles. The van der Waals surface area contributed by atoms with Gasteiger partial charge in [-0.3, -0.25) is 9.59 Å². The van der Waals surface area contributed by atoms with Crippen LogP contribution in [0.4, 0.5) is 11.4 Å². The van der Waals surface area contributed by atoms with Gasteiger partial charge in [0.15, 0.2) is 0 Å². The van der Waals surface area contributed by atoms with E-state index in [0.717, 1.165) is 5.56 Å². The lowest BCUT2D eigenvalue weighted by molar-refractivity contribution is -0.131. The summed E-state index contributed by atoms with van der Waals surface area (Å²) in [6.45, 7) is 1.66.